The third-order valence-electron chi connectivity index (χ3n) is 3.00. The number of benzene rings is 2. The lowest BCUT2D eigenvalue weighted by Crippen LogP contribution is -2.42. The van der Waals surface area contributed by atoms with Crippen LogP contribution in [0, 0.1) is 13.7 Å². The van der Waals surface area contributed by atoms with Gasteiger partial charge in [-0.25, -0.2) is 0 Å². The second-order valence-electron chi connectivity index (χ2n) is 4.73. The highest BCUT2D eigenvalue weighted by Gasteiger charge is 2.16. The van der Waals surface area contributed by atoms with Gasteiger partial charge in [0.15, 0.2) is 0 Å². The minimum Gasteiger partial charge on any atom is -0.273 e. The van der Waals surface area contributed by atoms with Gasteiger partial charge in [0.2, 0.25) is 5.91 Å². The number of hydrogen-bond acceptors (Lipinski definition) is 4. The van der Waals surface area contributed by atoms with Crippen LogP contribution in [0.4, 0.5) is 5.69 Å². The van der Waals surface area contributed by atoms with Crippen LogP contribution in [0.15, 0.2) is 42.5 Å². The summed E-state index contributed by atoms with van der Waals surface area (Å²) in [6, 6.07) is 10.6. The zero-order valence-corrected chi connectivity index (χ0v) is 15.0. The Morgan fingerprint density at radius 1 is 1.12 bits per heavy atom. The predicted molar refractivity (Wildman–Crippen MR) is 96.6 cm³/mol. The smallest absolute Gasteiger partial charge is 0.271 e. The summed E-state index contributed by atoms with van der Waals surface area (Å²) in [5, 5.41) is 11.3. The molecule has 0 spiro atoms. The van der Waals surface area contributed by atoms with E-state index < -0.39 is 16.7 Å². The van der Waals surface area contributed by atoms with Crippen LogP contribution in [-0.4, -0.2) is 16.7 Å². The number of non-ortho nitro benzene ring substituents is 1. The van der Waals surface area contributed by atoms with Gasteiger partial charge in [0.25, 0.3) is 11.6 Å². The molecule has 2 rings (SSSR count). The molecular formula is C15H11ClIN3O4. The molecule has 0 bridgehead atoms. The number of halogens is 2. The third-order valence-corrected chi connectivity index (χ3v) is 4.19. The van der Waals surface area contributed by atoms with Crippen LogP contribution in [0.1, 0.15) is 15.9 Å². The van der Waals surface area contributed by atoms with Crippen molar-refractivity contribution in [3.05, 3.63) is 72.3 Å². The first kappa shape index (κ1) is 18.1. The van der Waals surface area contributed by atoms with Crippen molar-refractivity contribution < 1.29 is 14.5 Å². The van der Waals surface area contributed by atoms with E-state index in [0.717, 1.165) is 11.6 Å². The van der Waals surface area contributed by atoms with E-state index in [1.807, 2.05) is 22.6 Å². The fourth-order valence-corrected chi connectivity index (χ4v) is 2.53. The molecule has 0 aliphatic heterocycles. The summed E-state index contributed by atoms with van der Waals surface area (Å²) in [5.41, 5.74) is 5.16. The Balaban J connectivity index is 1.97. The molecule has 0 fully saturated rings. The Bertz CT molecular complexity index is 796. The predicted octanol–water partition coefficient (Wildman–Crippen LogP) is 2.86. The van der Waals surface area contributed by atoms with Crippen molar-refractivity contribution in [2.75, 3.05) is 0 Å². The third kappa shape index (κ3) is 4.90. The number of nitro benzene ring substituents is 1. The summed E-state index contributed by atoms with van der Waals surface area (Å²) in [6.07, 6.45) is 0.0590. The fourth-order valence-electron chi connectivity index (χ4n) is 1.83. The maximum atomic E-state index is 12.1. The summed E-state index contributed by atoms with van der Waals surface area (Å²) in [5.74, 6) is -1.06. The van der Waals surface area contributed by atoms with E-state index in [2.05, 4.69) is 10.9 Å². The minimum absolute atomic E-state index is 0.0590. The van der Waals surface area contributed by atoms with E-state index in [0.29, 0.717) is 8.59 Å². The number of rotatable bonds is 4. The Labute approximate surface area is 155 Å². The SMILES string of the molecule is O=C(Cc1ccc(Cl)cc1)NNC(=O)c1cc([N+](=O)[O-])ccc1I. The first-order valence-corrected chi connectivity index (χ1v) is 8.10. The molecule has 0 unspecified atom stereocenters. The van der Waals surface area contributed by atoms with Gasteiger partial charge in [0.05, 0.1) is 16.9 Å². The van der Waals surface area contributed by atoms with Gasteiger partial charge < -0.3 is 0 Å². The highest BCUT2D eigenvalue weighted by molar-refractivity contribution is 14.1. The number of nitro groups is 1. The number of hydrazine groups is 1. The lowest BCUT2D eigenvalue weighted by molar-refractivity contribution is -0.384. The Kier molecular flexibility index (Phi) is 6.10. The van der Waals surface area contributed by atoms with Gasteiger partial charge in [-0.05, 0) is 46.4 Å². The number of amides is 2. The van der Waals surface area contributed by atoms with E-state index >= 15 is 0 Å². The van der Waals surface area contributed by atoms with Crippen molar-refractivity contribution in [3.63, 3.8) is 0 Å². The standard InChI is InChI=1S/C15H11ClIN3O4/c16-10-3-1-9(2-4-10)7-14(21)18-19-15(22)12-8-11(20(23)24)5-6-13(12)17/h1-6,8H,7H2,(H,18,21)(H,19,22). The minimum atomic E-state index is -0.632. The van der Waals surface area contributed by atoms with Gasteiger partial charge in [-0.1, -0.05) is 23.7 Å². The van der Waals surface area contributed by atoms with Crippen LogP contribution in [0.5, 0.6) is 0 Å². The van der Waals surface area contributed by atoms with Gasteiger partial charge in [-0.2, -0.15) is 0 Å². The highest BCUT2D eigenvalue weighted by atomic mass is 127. The average Bonchev–Trinajstić information content (AvgIpc) is 2.55. The van der Waals surface area contributed by atoms with Crippen LogP contribution < -0.4 is 10.9 Å². The molecule has 0 saturated carbocycles. The summed E-state index contributed by atoms with van der Waals surface area (Å²) in [6.45, 7) is 0. The molecule has 2 amide bonds. The number of nitrogens with one attached hydrogen (secondary N) is 2. The normalized spacial score (nSPS) is 10.1. The summed E-state index contributed by atoms with van der Waals surface area (Å²) in [4.78, 5) is 34.1. The molecule has 24 heavy (non-hydrogen) atoms. The molecule has 2 aromatic carbocycles. The number of nitrogens with zero attached hydrogens (tertiary/aromatic N) is 1. The molecule has 0 aliphatic rings. The van der Waals surface area contributed by atoms with Gasteiger partial charge in [-0.15, -0.1) is 0 Å². The van der Waals surface area contributed by atoms with Crippen LogP contribution in [0.2, 0.25) is 5.02 Å². The molecule has 0 radical (unpaired) electrons. The molecule has 0 aromatic heterocycles. The van der Waals surface area contributed by atoms with Crippen molar-refractivity contribution >= 4 is 51.7 Å². The molecule has 0 heterocycles. The zero-order chi connectivity index (χ0) is 17.7. The molecule has 0 aliphatic carbocycles. The topological polar surface area (TPSA) is 101 Å². The Morgan fingerprint density at radius 2 is 1.79 bits per heavy atom. The first-order chi connectivity index (χ1) is 11.4. The molecule has 0 atom stereocenters. The van der Waals surface area contributed by atoms with Crippen LogP contribution >= 0.6 is 34.2 Å². The monoisotopic (exact) mass is 459 g/mol. The van der Waals surface area contributed by atoms with E-state index in [9.17, 15) is 19.7 Å². The Hall–Kier alpha value is -2.20. The molecular weight excluding hydrogens is 449 g/mol. The van der Waals surface area contributed by atoms with Crippen LogP contribution in [-0.2, 0) is 11.2 Å². The molecule has 2 aromatic rings. The first-order valence-electron chi connectivity index (χ1n) is 6.64. The van der Waals surface area contributed by atoms with Crippen LogP contribution in [0.3, 0.4) is 0 Å². The largest absolute Gasteiger partial charge is 0.273 e. The zero-order valence-electron chi connectivity index (χ0n) is 12.1. The maximum Gasteiger partial charge on any atom is 0.271 e. The average molecular weight is 460 g/mol. The van der Waals surface area contributed by atoms with Gasteiger partial charge in [-0.3, -0.25) is 30.6 Å². The highest BCUT2D eigenvalue weighted by Crippen LogP contribution is 2.19. The molecule has 0 saturated heterocycles. The van der Waals surface area contributed by atoms with E-state index in [4.69, 9.17) is 11.6 Å². The van der Waals surface area contributed by atoms with Crippen molar-refractivity contribution in [2.24, 2.45) is 0 Å². The molecule has 2 N–H and O–H groups in total. The number of carbonyl (C=O) groups is 2. The lowest BCUT2D eigenvalue weighted by Gasteiger charge is -2.09. The van der Waals surface area contributed by atoms with Crippen molar-refractivity contribution in [1.29, 1.82) is 0 Å². The van der Waals surface area contributed by atoms with Gasteiger partial charge in [0, 0.05) is 20.7 Å². The maximum absolute atomic E-state index is 12.1. The van der Waals surface area contributed by atoms with Gasteiger partial charge in [0.1, 0.15) is 0 Å². The van der Waals surface area contributed by atoms with Crippen molar-refractivity contribution in [3.8, 4) is 0 Å². The Morgan fingerprint density at radius 3 is 2.42 bits per heavy atom. The van der Waals surface area contributed by atoms with E-state index in [1.54, 1.807) is 24.3 Å². The summed E-state index contributed by atoms with van der Waals surface area (Å²) < 4.78 is 0.530. The molecule has 124 valence electrons. The quantitative estimate of drug-likeness (QED) is 0.417. The summed E-state index contributed by atoms with van der Waals surface area (Å²) in [7, 11) is 0. The lowest BCUT2D eigenvalue weighted by atomic mass is 10.1. The number of hydrogen-bond donors (Lipinski definition) is 2. The molecule has 7 nitrogen and oxygen atoms in total. The van der Waals surface area contributed by atoms with Crippen molar-refractivity contribution in [1.82, 2.24) is 10.9 Å². The molecule has 9 heteroatoms. The summed E-state index contributed by atoms with van der Waals surface area (Å²) >= 11 is 7.65. The second-order valence-corrected chi connectivity index (χ2v) is 6.33. The second kappa shape index (κ2) is 8.06. The number of carbonyl (C=O) groups excluding carboxylic acids is 2. The fraction of sp³-hybridized carbons (Fsp3) is 0.0667. The van der Waals surface area contributed by atoms with E-state index in [-0.39, 0.29) is 17.7 Å². The van der Waals surface area contributed by atoms with E-state index in [1.165, 1.54) is 12.1 Å². The van der Waals surface area contributed by atoms with Gasteiger partial charge >= 0.3 is 0 Å². The van der Waals surface area contributed by atoms with Crippen LogP contribution in [0.25, 0.3) is 0 Å². The van der Waals surface area contributed by atoms with Crippen molar-refractivity contribution in [2.45, 2.75) is 6.42 Å².